The van der Waals surface area contributed by atoms with Gasteiger partial charge in [0.15, 0.2) is 0 Å². The summed E-state index contributed by atoms with van der Waals surface area (Å²) in [6, 6.07) is 1.80. The lowest BCUT2D eigenvalue weighted by Crippen LogP contribution is -2.38. The molecule has 0 saturated heterocycles. The van der Waals surface area contributed by atoms with Crippen LogP contribution in [0.15, 0.2) is 0 Å². The molecule has 4 N–H and O–H groups in total. The predicted octanol–water partition coefficient (Wildman–Crippen LogP) is -1.36. The average Bonchev–Trinajstić information content (AvgIpc) is 1.98. The number of carbonyl (C=O) groups is 1. The van der Waals surface area contributed by atoms with Crippen molar-refractivity contribution in [1.82, 2.24) is 5.43 Å². The van der Waals surface area contributed by atoms with Crippen molar-refractivity contribution in [3.05, 3.63) is 0 Å². The van der Waals surface area contributed by atoms with E-state index in [0.29, 0.717) is 0 Å². The van der Waals surface area contributed by atoms with Gasteiger partial charge in [0.2, 0.25) is 0 Å². The number of nitrogens with one attached hydrogen (secondary N) is 1. The predicted molar refractivity (Wildman–Crippen MR) is 33.2 cm³/mol. The first kappa shape index (κ1) is 8.88. The quantitative estimate of drug-likeness (QED) is 0.258. The van der Waals surface area contributed by atoms with Gasteiger partial charge >= 0.3 is 0 Å². The van der Waals surface area contributed by atoms with Crippen LogP contribution in [0.25, 0.3) is 0 Å². The summed E-state index contributed by atoms with van der Waals surface area (Å²) in [4.78, 5) is 10.4. The number of amides is 1. The number of nitriles is 1. The van der Waals surface area contributed by atoms with Crippen LogP contribution in [0.1, 0.15) is 12.8 Å². The van der Waals surface area contributed by atoms with Crippen molar-refractivity contribution >= 4 is 5.91 Å². The van der Waals surface area contributed by atoms with E-state index in [9.17, 15) is 4.79 Å². The Morgan fingerprint density at radius 2 is 2.50 bits per heavy atom. The third-order valence-corrected chi connectivity index (χ3v) is 0.974. The molecule has 1 atom stereocenters. The van der Waals surface area contributed by atoms with Crippen LogP contribution in [0.2, 0.25) is 0 Å². The Bertz CT molecular complexity index is 151. The molecule has 0 aliphatic carbocycles. The Morgan fingerprint density at radius 1 is 1.90 bits per heavy atom. The number of hydrogen-bond donors (Lipinski definition) is 3. The SMILES string of the molecule is N#CCCC(O)C(=O)NN. The van der Waals surface area contributed by atoms with Crippen LogP contribution >= 0.6 is 0 Å². The first-order chi connectivity index (χ1) is 4.72. The van der Waals surface area contributed by atoms with Gasteiger partial charge in [-0.15, -0.1) is 0 Å². The van der Waals surface area contributed by atoms with Crippen LogP contribution < -0.4 is 11.3 Å². The average molecular weight is 143 g/mol. The van der Waals surface area contributed by atoms with Crippen LogP contribution in [0, 0.1) is 11.3 Å². The van der Waals surface area contributed by atoms with E-state index in [2.05, 4.69) is 0 Å². The van der Waals surface area contributed by atoms with E-state index >= 15 is 0 Å². The fourth-order valence-electron chi connectivity index (χ4n) is 0.429. The molecule has 0 rings (SSSR count). The minimum absolute atomic E-state index is 0.125. The van der Waals surface area contributed by atoms with Gasteiger partial charge in [-0.3, -0.25) is 10.2 Å². The summed E-state index contributed by atoms with van der Waals surface area (Å²) in [5, 5.41) is 16.9. The van der Waals surface area contributed by atoms with Crippen molar-refractivity contribution in [2.45, 2.75) is 18.9 Å². The summed E-state index contributed by atoms with van der Waals surface area (Å²) in [6.07, 6.45) is -0.890. The maximum atomic E-state index is 10.4. The number of nitrogens with two attached hydrogens (primary N) is 1. The fourth-order valence-corrected chi connectivity index (χ4v) is 0.429. The van der Waals surface area contributed by atoms with Gasteiger partial charge in [-0.05, 0) is 6.42 Å². The number of hydrogen-bond acceptors (Lipinski definition) is 4. The van der Waals surface area contributed by atoms with Crippen molar-refractivity contribution < 1.29 is 9.90 Å². The van der Waals surface area contributed by atoms with E-state index in [0.717, 1.165) is 0 Å². The lowest BCUT2D eigenvalue weighted by molar-refractivity contribution is -0.129. The topological polar surface area (TPSA) is 99.1 Å². The van der Waals surface area contributed by atoms with E-state index in [4.69, 9.17) is 16.2 Å². The Labute approximate surface area is 58.4 Å². The van der Waals surface area contributed by atoms with Gasteiger partial charge in [0.1, 0.15) is 6.10 Å². The van der Waals surface area contributed by atoms with Crippen LogP contribution in [0.5, 0.6) is 0 Å². The Balaban J connectivity index is 3.53. The summed E-state index contributed by atoms with van der Waals surface area (Å²) in [7, 11) is 0. The van der Waals surface area contributed by atoms with E-state index in [1.54, 1.807) is 11.5 Å². The zero-order valence-electron chi connectivity index (χ0n) is 5.37. The van der Waals surface area contributed by atoms with E-state index in [1.807, 2.05) is 0 Å². The van der Waals surface area contributed by atoms with E-state index < -0.39 is 12.0 Å². The second-order valence-electron chi connectivity index (χ2n) is 1.72. The van der Waals surface area contributed by atoms with Crippen molar-refractivity contribution in [3.8, 4) is 6.07 Å². The molecule has 0 radical (unpaired) electrons. The molecular weight excluding hydrogens is 134 g/mol. The van der Waals surface area contributed by atoms with Crippen molar-refractivity contribution in [2.24, 2.45) is 5.84 Å². The number of aliphatic hydroxyl groups is 1. The van der Waals surface area contributed by atoms with Crippen molar-refractivity contribution in [3.63, 3.8) is 0 Å². The fraction of sp³-hybridized carbons (Fsp3) is 0.600. The molecule has 0 aromatic heterocycles. The highest BCUT2D eigenvalue weighted by Crippen LogP contribution is 1.94. The normalized spacial score (nSPS) is 11.7. The van der Waals surface area contributed by atoms with Gasteiger partial charge in [0.25, 0.3) is 5.91 Å². The summed E-state index contributed by atoms with van der Waals surface area (Å²) in [5.74, 6) is 4.05. The number of nitrogens with zero attached hydrogens (tertiary/aromatic N) is 1. The Kier molecular flexibility index (Phi) is 4.20. The highest BCUT2D eigenvalue weighted by molar-refractivity contribution is 5.79. The molecule has 5 nitrogen and oxygen atoms in total. The molecule has 0 saturated carbocycles. The van der Waals surface area contributed by atoms with Gasteiger partial charge in [0, 0.05) is 6.42 Å². The molecular formula is C5H9N3O2. The molecule has 5 heteroatoms. The lowest BCUT2D eigenvalue weighted by Gasteiger charge is -2.04. The molecule has 0 heterocycles. The summed E-state index contributed by atoms with van der Waals surface area (Å²) < 4.78 is 0. The third-order valence-electron chi connectivity index (χ3n) is 0.974. The number of aliphatic hydroxyl groups excluding tert-OH is 1. The van der Waals surface area contributed by atoms with Crippen LogP contribution in [0.3, 0.4) is 0 Å². The molecule has 0 fully saturated rings. The largest absolute Gasteiger partial charge is 0.383 e. The second kappa shape index (κ2) is 4.73. The van der Waals surface area contributed by atoms with Gasteiger partial charge in [-0.1, -0.05) is 0 Å². The van der Waals surface area contributed by atoms with Gasteiger partial charge in [-0.2, -0.15) is 5.26 Å². The van der Waals surface area contributed by atoms with Crippen LogP contribution in [-0.2, 0) is 4.79 Å². The first-order valence-electron chi connectivity index (χ1n) is 2.78. The van der Waals surface area contributed by atoms with E-state index in [1.165, 1.54) is 0 Å². The molecule has 10 heavy (non-hydrogen) atoms. The minimum atomic E-state index is -1.16. The molecule has 1 amide bonds. The zero-order valence-corrected chi connectivity index (χ0v) is 5.37. The Hall–Kier alpha value is -1.12. The van der Waals surface area contributed by atoms with Gasteiger partial charge in [-0.25, -0.2) is 5.84 Å². The lowest BCUT2D eigenvalue weighted by atomic mass is 10.2. The Morgan fingerprint density at radius 3 is 2.90 bits per heavy atom. The van der Waals surface area contributed by atoms with Crippen LogP contribution in [-0.4, -0.2) is 17.1 Å². The molecule has 1 unspecified atom stereocenters. The number of hydrazine groups is 1. The van der Waals surface area contributed by atoms with Crippen molar-refractivity contribution in [2.75, 3.05) is 0 Å². The minimum Gasteiger partial charge on any atom is -0.383 e. The third kappa shape index (κ3) is 3.02. The number of rotatable bonds is 3. The summed E-state index contributed by atoms with van der Waals surface area (Å²) in [6.45, 7) is 0. The smallest absolute Gasteiger partial charge is 0.262 e. The molecule has 56 valence electrons. The molecule has 0 aliphatic heterocycles. The monoisotopic (exact) mass is 143 g/mol. The standard InChI is InChI=1S/C5H9N3O2/c6-3-1-2-4(9)5(10)8-7/h4,9H,1-2,7H2,(H,8,10). The molecule has 0 bridgehead atoms. The summed E-state index contributed by atoms with van der Waals surface area (Å²) in [5.41, 5.74) is 1.78. The molecule has 0 spiro atoms. The van der Waals surface area contributed by atoms with E-state index in [-0.39, 0.29) is 12.8 Å². The highest BCUT2D eigenvalue weighted by atomic mass is 16.3. The second-order valence-corrected chi connectivity index (χ2v) is 1.72. The van der Waals surface area contributed by atoms with Crippen molar-refractivity contribution in [1.29, 1.82) is 5.26 Å². The molecule has 0 aromatic carbocycles. The maximum absolute atomic E-state index is 10.4. The van der Waals surface area contributed by atoms with Gasteiger partial charge in [0.05, 0.1) is 6.07 Å². The van der Waals surface area contributed by atoms with Crippen LogP contribution in [0.4, 0.5) is 0 Å². The highest BCUT2D eigenvalue weighted by Gasteiger charge is 2.11. The zero-order chi connectivity index (χ0) is 7.98. The molecule has 0 aliphatic rings. The molecule has 0 aromatic rings. The number of carbonyl (C=O) groups excluding carboxylic acids is 1. The van der Waals surface area contributed by atoms with Gasteiger partial charge < -0.3 is 5.11 Å². The first-order valence-corrected chi connectivity index (χ1v) is 2.78. The summed E-state index contributed by atoms with van der Waals surface area (Å²) >= 11 is 0. The maximum Gasteiger partial charge on any atom is 0.262 e.